The van der Waals surface area contributed by atoms with Crippen LogP contribution in [0.15, 0.2) is 47.5 Å². The molecule has 2 aromatic rings. The standard InChI is InChI=1S/C26H29ClF2N2O8.Na/c1-13-10-26(25(36)37,38-12-16-4-3-5-18(28)20(16)29)39-23(21(13)31-14(2)32)22(34)19(33)11-30-24(35)15-6-8-17(27)9-7-15;/h3-9,13,19,21-23,33-34H,10-12H2,1-2H3,(H,30,35)(H,31,32)(H,36,37);/q;+1/p-1/t13-,19+,21+,22+,23+,26+;/m0./s1. The van der Waals surface area contributed by atoms with Gasteiger partial charge in [-0.15, -0.1) is 0 Å². The molecule has 2 aromatic carbocycles. The fraction of sp³-hybridized carbons (Fsp3) is 0.423. The van der Waals surface area contributed by atoms with Crippen molar-refractivity contribution in [1.82, 2.24) is 5.32 Å². The van der Waals surface area contributed by atoms with E-state index in [1.54, 1.807) is 0 Å². The van der Waals surface area contributed by atoms with Gasteiger partial charge in [0.1, 0.15) is 12.2 Å². The van der Waals surface area contributed by atoms with Crippen molar-refractivity contribution in [2.75, 3.05) is 6.54 Å². The van der Waals surface area contributed by atoms with Crippen molar-refractivity contribution in [3.63, 3.8) is 0 Å². The van der Waals surface area contributed by atoms with E-state index in [0.29, 0.717) is 5.02 Å². The number of carbonyl (C=O) groups is 2. The number of carbonyl (C=O) groups excluding carboxylic acids is 1. The van der Waals surface area contributed by atoms with Gasteiger partial charge in [-0.05, 0) is 49.1 Å². The van der Waals surface area contributed by atoms with Gasteiger partial charge < -0.3 is 35.2 Å². The predicted molar refractivity (Wildman–Crippen MR) is 133 cm³/mol. The van der Waals surface area contributed by atoms with Crippen LogP contribution >= 0.6 is 11.6 Å². The molecule has 4 N–H and O–H groups in total. The van der Waals surface area contributed by atoms with Crippen LogP contribution in [0.4, 0.5) is 8.78 Å². The van der Waals surface area contributed by atoms with Gasteiger partial charge >= 0.3 is 35.5 Å². The van der Waals surface area contributed by atoms with E-state index in [0.717, 1.165) is 13.0 Å². The number of nitrogens with zero attached hydrogens (tertiary/aromatic N) is 1. The van der Waals surface area contributed by atoms with Crippen LogP contribution in [-0.2, 0) is 20.9 Å². The second-order valence-electron chi connectivity index (χ2n) is 9.24. The number of aliphatic hydroxyl groups excluding tert-OH is 2. The largest absolute Gasteiger partial charge is 1.00 e. The number of halogens is 3. The summed E-state index contributed by atoms with van der Waals surface area (Å²) >= 11 is 5.81. The number of benzene rings is 2. The predicted octanol–water partition coefficient (Wildman–Crippen LogP) is -1.36. The van der Waals surface area contributed by atoms with E-state index < -0.39 is 78.6 Å². The molecule has 1 fully saturated rings. The smallest absolute Gasteiger partial charge is 0.862 e. The Hall–Kier alpha value is -2.16. The molecule has 0 bridgehead atoms. The number of carboxylic acids is 1. The Labute approximate surface area is 256 Å². The molecule has 212 valence electrons. The number of hydrogen-bond acceptors (Lipinski definition) is 8. The summed E-state index contributed by atoms with van der Waals surface area (Å²) in [5, 5.41) is 46.3. The van der Waals surface area contributed by atoms with Gasteiger partial charge in [0.15, 0.2) is 11.6 Å². The van der Waals surface area contributed by atoms with Crippen molar-refractivity contribution in [1.29, 1.82) is 0 Å². The number of amides is 1. The van der Waals surface area contributed by atoms with Crippen molar-refractivity contribution in [3.05, 3.63) is 70.2 Å². The molecule has 0 saturated carbocycles. The maximum Gasteiger partial charge on any atom is 1.00 e. The van der Waals surface area contributed by atoms with E-state index in [4.69, 9.17) is 21.1 Å². The Balaban J connectivity index is 0.00000560. The van der Waals surface area contributed by atoms with E-state index >= 15 is 0 Å². The second-order valence-corrected chi connectivity index (χ2v) is 9.67. The average Bonchev–Trinajstić information content (AvgIpc) is 2.88. The Morgan fingerprint density at radius 2 is 1.90 bits per heavy atom. The fourth-order valence-electron chi connectivity index (χ4n) is 4.28. The van der Waals surface area contributed by atoms with Crippen LogP contribution in [0, 0.1) is 17.6 Å². The van der Waals surface area contributed by atoms with Crippen molar-refractivity contribution in [2.24, 2.45) is 10.9 Å². The molecule has 1 aliphatic heterocycles. The van der Waals surface area contributed by atoms with Crippen LogP contribution in [0.1, 0.15) is 36.2 Å². The molecular weight excluding hydrogens is 565 g/mol. The van der Waals surface area contributed by atoms with Gasteiger partial charge in [0.2, 0.25) is 0 Å². The van der Waals surface area contributed by atoms with E-state index in [1.807, 2.05) is 0 Å². The topological polar surface area (TPSA) is 161 Å². The number of ether oxygens (including phenoxy) is 2. The third-order valence-corrected chi connectivity index (χ3v) is 6.55. The monoisotopic (exact) mass is 592 g/mol. The summed E-state index contributed by atoms with van der Waals surface area (Å²) in [4.78, 5) is 28.6. The van der Waals surface area contributed by atoms with Crippen LogP contribution in [0.5, 0.6) is 0 Å². The SMILES string of the molecule is CC([O-])=N[C@H]1[C@H]([C@H](O)[C@H](O)CNC(=O)c2ccc(Cl)cc2)O[C@@](OCc2cccc(F)c2F)(C(=O)O)C[C@@H]1C.[Na+]. The first-order chi connectivity index (χ1) is 18.3. The van der Waals surface area contributed by atoms with Crippen molar-refractivity contribution in [2.45, 2.75) is 57.0 Å². The van der Waals surface area contributed by atoms with Crippen molar-refractivity contribution in [3.8, 4) is 0 Å². The molecule has 0 aromatic heterocycles. The van der Waals surface area contributed by atoms with Gasteiger partial charge in [-0.1, -0.05) is 30.7 Å². The molecule has 40 heavy (non-hydrogen) atoms. The normalized spacial score (nSPS) is 24.5. The number of aliphatic imine (C=N–C) groups is 1. The van der Waals surface area contributed by atoms with Gasteiger partial charge in [0, 0.05) is 29.1 Å². The molecule has 14 heteroatoms. The Morgan fingerprint density at radius 1 is 1.25 bits per heavy atom. The molecule has 1 heterocycles. The fourth-order valence-corrected chi connectivity index (χ4v) is 4.40. The minimum Gasteiger partial charge on any atom is -0.862 e. The second kappa shape index (κ2) is 14.6. The summed E-state index contributed by atoms with van der Waals surface area (Å²) < 4.78 is 38.9. The van der Waals surface area contributed by atoms with E-state index in [9.17, 15) is 38.8 Å². The zero-order chi connectivity index (χ0) is 28.9. The molecule has 1 amide bonds. The van der Waals surface area contributed by atoms with E-state index in [1.165, 1.54) is 43.3 Å². The zero-order valence-corrected chi connectivity index (χ0v) is 24.8. The Morgan fingerprint density at radius 3 is 2.50 bits per heavy atom. The number of aliphatic hydroxyl groups is 2. The third kappa shape index (κ3) is 8.20. The van der Waals surface area contributed by atoms with E-state index in [-0.39, 0.29) is 47.1 Å². The van der Waals surface area contributed by atoms with Crippen molar-refractivity contribution < 1.29 is 77.8 Å². The Bertz CT molecular complexity index is 1220. The average molecular weight is 593 g/mol. The van der Waals surface area contributed by atoms with Crippen LogP contribution in [-0.4, -0.2) is 69.8 Å². The molecule has 0 unspecified atom stereocenters. The maximum absolute atomic E-state index is 14.2. The third-order valence-electron chi connectivity index (χ3n) is 6.29. The number of rotatable bonds is 10. The van der Waals surface area contributed by atoms with Gasteiger partial charge in [0.05, 0.1) is 18.8 Å². The summed E-state index contributed by atoms with van der Waals surface area (Å²) in [5.41, 5.74) is -0.0413. The molecular formula is C26H28ClF2N2NaO8. The Kier molecular flexibility index (Phi) is 12.5. The zero-order valence-electron chi connectivity index (χ0n) is 22.0. The van der Waals surface area contributed by atoms with Gasteiger partial charge in [0.25, 0.3) is 11.7 Å². The number of nitrogens with one attached hydrogen (secondary N) is 1. The first kappa shape index (κ1) is 34.0. The number of hydrogen-bond donors (Lipinski definition) is 4. The number of aliphatic carboxylic acids is 1. The van der Waals surface area contributed by atoms with Crippen molar-refractivity contribution >= 4 is 29.4 Å². The number of carboxylic acid groups (broad SMARTS) is 1. The summed E-state index contributed by atoms with van der Waals surface area (Å²) in [5.74, 6) is -8.43. The van der Waals surface area contributed by atoms with Gasteiger partial charge in [-0.2, -0.15) is 0 Å². The first-order valence-corrected chi connectivity index (χ1v) is 12.3. The first-order valence-electron chi connectivity index (χ1n) is 11.9. The molecule has 0 spiro atoms. The van der Waals surface area contributed by atoms with Gasteiger partial charge in [-0.25, -0.2) is 13.6 Å². The van der Waals surface area contributed by atoms with Crippen LogP contribution in [0.3, 0.4) is 0 Å². The minimum absolute atomic E-state index is 0. The summed E-state index contributed by atoms with van der Waals surface area (Å²) in [6.07, 6.45) is -5.49. The summed E-state index contributed by atoms with van der Waals surface area (Å²) in [6, 6.07) is 8.11. The molecule has 1 aliphatic rings. The minimum atomic E-state index is -2.46. The van der Waals surface area contributed by atoms with Crippen LogP contribution in [0.25, 0.3) is 0 Å². The molecule has 0 radical (unpaired) electrons. The molecule has 6 atom stereocenters. The van der Waals surface area contributed by atoms with Crippen LogP contribution in [0.2, 0.25) is 5.02 Å². The quantitative estimate of drug-likeness (QED) is 0.150. The molecule has 3 rings (SSSR count). The molecule has 0 aliphatic carbocycles. The summed E-state index contributed by atoms with van der Waals surface area (Å²) in [7, 11) is 0. The van der Waals surface area contributed by atoms with Crippen LogP contribution < -0.4 is 40.0 Å². The summed E-state index contributed by atoms with van der Waals surface area (Å²) in [6.45, 7) is 1.53. The maximum atomic E-state index is 14.2. The molecule has 10 nitrogen and oxygen atoms in total. The van der Waals surface area contributed by atoms with Gasteiger partial charge in [-0.3, -0.25) is 9.79 Å². The van der Waals surface area contributed by atoms with E-state index in [2.05, 4.69) is 10.3 Å². The molecule has 1 saturated heterocycles.